The van der Waals surface area contributed by atoms with E-state index in [0.29, 0.717) is 16.9 Å². The van der Waals surface area contributed by atoms with Crippen molar-refractivity contribution >= 4 is 17.6 Å². The standard InChI is InChI=1S/C13H11ClFNO3.C2H4O2/c14-11-3-9(1-2-12(11)15)19-7-8-4-16-5-13(18)10(8)6-17;1-2(3)4/h1-5,17-18H,6-7H2;1H3,(H,3,4). The number of carbonyl (C=O) groups is 1. The van der Waals surface area contributed by atoms with Gasteiger partial charge in [-0.05, 0) is 12.1 Å². The molecule has 3 N–H and O–H groups in total. The van der Waals surface area contributed by atoms with Gasteiger partial charge in [0.2, 0.25) is 0 Å². The number of hydrogen-bond donors (Lipinski definition) is 3. The maximum Gasteiger partial charge on any atom is 0.300 e. The number of aromatic hydroxyl groups is 1. The van der Waals surface area contributed by atoms with Crippen LogP contribution in [0.2, 0.25) is 5.02 Å². The molecular formula is C15H15ClFNO5. The summed E-state index contributed by atoms with van der Waals surface area (Å²) < 4.78 is 18.4. The molecule has 23 heavy (non-hydrogen) atoms. The van der Waals surface area contributed by atoms with Crippen molar-refractivity contribution in [2.24, 2.45) is 0 Å². The van der Waals surface area contributed by atoms with Crippen molar-refractivity contribution in [3.63, 3.8) is 0 Å². The lowest BCUT2D eigenvalue weighted by atomic mass is 10.1. The zero-order chi connectivity index (χ0) is 17.4. The molecule has 0 saturated heterocycles. The number of rotatable bonds is 4. The van der Waals surface area contributed by atoms with E-state index >= 15 is 0 Å². The lowest BCUT2D eigenvalue weighted by molar-refractivity contribution is -0.134. The molecule has 1 heterocycles. The topological polar surface area (TPSA) is 99.9 Å². The number of ether oxygens (including phenoxy) is 1. The van der Waals surface area contributed by atoms with Crippen LogP contribution in [0.1, 0.15) is 18.1 Å². The highest BCUT2D eigenvalue weighted by atomic mass is 35.5. The second-order valence-corrected chi connectivity index (χ2v) is 4.75. The van der Waals surface area contributed by atoms with Gasteiger partial charge in [0.15, 0.2) is 0 Å². The minimum atomic E-state index is -0.833. The van der Waals surface area contributed by atoms with Crippen molar-refractivity contribution < 1.29 is 29.2 Å². The van der Waals surface area contributed by atoms with E-state index in [9.17, 15) is 9.50 Å². The van der Waals surface area contributed by atoms with Crippen LogP contribution < -0.4 is 4.74 Å². The smallest absolute Gasteiger partial charge is 0.300 e. The van der Waals surface area contributed by atoms with Crippen LogP contribution in [0.25, 0.3) is 0 Å². The third kappa shape index (κ3) is 6.09. The summed E-state index contributed by atoms with van der Waals surface area (Å²) in [6.45, 7) is 0.844. The van der Waals surface area contributed by atoms with Crippen molar-refractivity contribution in [2.75, 3.05) is 0 Å². The molecule has 0 radical (unpaired) electrons. The Morgan fingerprint density at radius 1 is 1.39 bits per heavy atom. The van der Waals surface area contributed by atoms with Gasteiger partial charge in [-0.2, -0.15) is 0 Å². The maximum atomic E-state index is 13.0. The Balaban J connectivity index is 0.000000593. The summed E-state index contributed by atoms with van der Waals surface area (Å²) in [5.41, 5.74) is 0.895. The first-order valence-electron chi connectivity index (χ1n) is 6.38. The molecule has 2 aromatic rings. The fourth-order valence-corrected chi connectivity index (χ4v) is 1.72. The number of hydrogen-bond acceptors (Lipinski definition) is 5. The van der Waals surface area contributed by atoms with Gasteiger partial charge in [0.1, 0.15) is 23.9 Å². The summed E-state index contributed by atoms with van der Waals surface area (Å²) in [5, 5.41) is 26.1. The molecule has 0 atom stereocenters. The highest BCUT2D eigenvalue weighted by Crippen LogP contribution is 2.24. The van der Waals surface area contributed by atoms with Gasteiger partial charge in [-0.25, -0.2) is 4.39 Å². The van der Waals surface area contributed by atoms with Crippen molar-refractivity contribution in [1.29, 1.82) is 0 Å². The van der Waals surface area contributed by atoms with Crippen LogP contribution in [-0.2, 0) is 18.0 Å². The largest absolute Gasteiger partial charge is 0.506 e. The van der Waals surface area contributed by atoms with E-state index in [0.717, 1.165) is 6.92 Å². The van der Waals surface area contributed by atoms with E-state index in [-0.39, 0.29) is 24.0 Å². The molecule has 1 aromatic carbocycles. The number of halogens is 2. The fourth-order valence-electron chi connectivity index (χ4n) is 1.55. The highest BCUT2D eigenvalue weighted by molar-refractivity contribution is 6.30. The number of carboxylic acids is 1. The van der Waals surface area contributed by atoms with E-state index < -0.39 is 11.8 Å². The molecule has 8 heteroatoms. The van der Waals surface area contributed by atoms with Crippen molar-refractivity contribution in [3.05, 3.63) is 52.6 Å². The van der Waals surface area contributed by atoms with E-state index in [2.05, 4.69) is 4.98 Å². The molecule has 6 nitrogen and oxygen atoms in total. The highest BCUT2D eigenvalue weighted by Gasteiger charge is 2.09. The van der Waals surface area contributed by atoms with Crippen molar-refractivity contribution in [1.82, 2.24) is 4.98 Å². The Morgan fingerprint density at radius 3 is 2.61 bits per heavy atom. The van der Waals surface area contributed by atoms with Gasteiger partial charge >= 0.3 is 0 Å². The zero-order valence-electron chi connectivity index (χ0n) is 12.2. The average molecular weight is 344 g/mol. The lowest BCUT2D eigenvalue weighted by Gasteiger charge is -2.10. The van der Waals surface area contributed by atoms with Gasteiger partial charge in [-0.1, -0.05) is 11.6 Å². The monoisotopic (exact) mass is 343 g/mol. The molecule has 0 aliphatic carbocycles. The van der Waals surface area contributed by atoms with Crippen molar-refractivity contribution in [2.45, 2.75) is 20.1 Å². The molecule has 0 aliphatic rings. The fraction of sp³-hybridized carbons (Fsp3) is 0.200. The molecule has 0 aliphatic heterocycles. The number of benzene rings is 1. The van der Waals surface area contributed by atoms with Gasteiger partial charge in [-0.3, -0.25) is 9.78 Å². The number of aromatic nitrogens is 1. The Labute approximate surface area is 136 Å². The van der Waals surface area contributed by atoms with E-state index in [1.807, 2.05) is 0 Å². The molecule has 0 fully saturated rings. The second-order valence-electron chi connectivity index (χ2n) is 4.34. The van der Waals surface area contributed by atoms with Crippen LogP contribution in [0, 0.1) is 5.82 Å². The first-order chi connectivity index (χ1) is 10.8. The third-order valence-corrected chi connectivity index (χ3v) is 2.86. The van der Waals surface area contributed by atoms with Crippen LogP contribution in [0.4, 0.5) is 4.39 Å². The predicted molar refractivity (Wildman–Crippen MR) is 80.9 cm³/mol. The normalized spacial score (nSPS) is 9.74. The quantitative estimate of drug-likeness (QED) is 0.789. The van der Waals surface area contributed by atoms with E-state index in [1.54, 1.807) is 0 Å². The van der Waals surface area contributed by atoms with Crippen LogP contribution in [-0.4, -0.2) is 26.3 Å². The molecule has 1 aromatic heterocycles. The SMILES string of the molecule is CC(=O)O.OCc1c(O)cncc1COc1ccc(F)c(Cl)c1. The second kappa shape index (κ2) is 8.92. The first kappa shape index (κ1) is 18.7. The Hall–Kier alpha value is -2.38. The molecule has 0 saturated carbocycles. The number of nitrogens with zero attached hydrogens (tertiary/aromatic N) is 1. The van der Waals surface area contributed by atoms with Gasteiger partial charge in [0, 0.05) is 30.3 Å². The van der Waals surface area contributed by atoms with Gasteiger partial charge in [-0.15, -0.1) is 0 Å². The summed E-state index contributed by atoms with van der Waals surface area (Å²) in [6, 6.07) is 3.99. The van der Waals surface area contributed by atoms with Crippen LogP contribution in [0.15, 0.2) is 30.6 Å². The van der Waals surface area contributed by atoms with E-state index in [4.69, 9.17) is 31.3 Å². The Kier molecular flexibility index (Phi) is 7.24. The summed E-state index contributed by atoms with van der Waals surface area (Å²) in [6.07, 6.45) is 2.72. The number of aliphatic hydroxyl groups is 1. The predicted octanol–water partition coefficient (Wildman–Crippen LogP) is 2.74. The molecule has 2 rings (SSSR count). The number of pyridine rings is 1. The molecule has 124 valence electrons. The average Bonchev–Trinajstić information content (AvgIpc) is 2.48. The zero-order valence-corrected chi connectivity index (χ0v) is 12.9. The third-order valence-electron chi connectivity index (χ3n) is 2.57. The first-order valence-corrected chi connectivity index (χ1v) is 6.76. The van der Waals surface area contributed by atoms with Gasteiger partial charge in [0.05, 0.1) is 17.8 Å². The van der Waals surface area contributed by atoms with Crippen LogP contribution in [0.3, 0.4) is 0 Å². The maximum absolute atomic E-state index is 13.0. The Morgan fingerprint density at radius 2 is 2.04 bits per heavy atom. The molecule has 0 bridgehead atoms. The van der Waals surface area contributed by atoms with Crippen LogP contribution in [0.5, 0.6) is 11.5 Å². The summed E-state index contributed by atoms with van der Waals surface area (Å²) >= 11 is 5.63. The number of aliphatic hydroxyl groups excluding tert-OH is 1. The number of carboxylic acid groups (broad SMARTS) is 1. The van der Waals surface area contributed by atoms with Crippen LogP contribution >= 0.6 is 11.6 Å². The molecule has 0 spiro atoms. The number of aliphatic carboxylic acids is 1. The molecular weight excluding hydrogens is 329 g/mol. The van der Waals surface area contributed by atoms with Gasteiger partial charge < -0.3 is 20.1 Å². The minimum Gasteiger partial charge on any atom is -0.506 e. The Bertz CT molecular complexity index is 677. The minimum absolute atomic E-state index is 0.0334. The molecule has 0 unspecified atom stereocenters. The summed E-state index contributed by atoms with van der Waals surface area (Å²) in [5.74, 6) is -1.07. The summed E-state index contributed by atoms with van der Waals surface area (Å²) in [7, 11) is 0. The molecule has 0 amide bonds. The lowest BCUT2D eigenvalue weighted by Crippen LogP contribution is -2.01. The van der Waals surface area contributed by atoms with E-state index in [1.165, 1.54) is 30.6 Å². The summed E-state index contributed by atoms with van der Waals surface area (Å²) in [4.78, 5) is 12.8. The van der Waals surface area contributed by atoms with Crippen molar-refractivity contribution in [3.8, 4) is 11.5 Å². The van der Waals surface area contributed by atoms with Gasteiger partial charge in [0.25, 0.3) is 5.97 Å².